The highest BCUT2D eigenvalue weighted by molar-refractivity contribution is 6.31. The molecule has 1 aromatic heterocycles. The van der Waals surface area contributed by atoms with Crippen LogP contribution in [0, 0.1) is 6.92 Å². The Morgan fingerprint density at radius 1 is 1.00 bits per heavy atom. The SMILES string of the molecule is Cc1cc(Cl)cc(-c2nc3ccc(Cl)cc3[nH]2)c1. The second-order valence-electron chi connectivity index (χ2n) is 4.26. The zero-order valence-corrected chi connectivity index (χ0v) is 11.2. The average molecular weight is 277 g/mol. The van der Waals surface area contributed by atoms with Gasteiger partial charge in [-0.3, -0.25) is 0 Å². The van der Waals surface area contributed by atoms with Crippen molar-refractivity contribution >= 4 is 34.2 Å². The molecule has 3 rings (SSSR count). The number of benzene rings is 2. The van der Waals surface area contributed by atoms with Gasteiger partial charge in [0.15, 0.2) is 0 Å². The summed E-state index contributed by atoms with van der Waals surface area (Å²) < 4.78 is 0. The lowest BCUT2D eigenvalue weighted by Gasteiger charge is -2.00. The number of aromatic nitrogens is 2. The number of hydrogen-bond acceptors (Lipinski definition) is 1. The first-order valence-electron chi connectivity index (χ1n) is 5.55. The van der Waals surface area contributed by atoms with Gasteiger partial charge < -0.3 is 4.98 Å². The Kier molecular flexibility index (Phi) is 2.77. The molecule has 0 aliphatic heterocycles. The molecular formula is C14H10Cl2N2. The molecule has 0 fully saturated rings. The maximum Gasteiger partial charge on any atom is 0.138 e. The van der Waals surface area contributed by atoms with Crippen LogP contribution in [0.15, 0.2) is 36.4 Å². The molecule has 2 aromatic carbocycles. The molecule has 0 atom stereocenters. The van der Waals surface area contributed by atoms with Crippen molar-refractivity contribution in [2.24, 2.45) is 0 Å². The first-order valence-corrected chi connectivity index (χ1v) is 6.30. The molecular weight excluding hydrogens is 267 g/mol. The number of rotatable bonds is 1. The fourth-order valence-corrected chi connectivity index (χ4v) is 2.45. The molecule has 0 aliphatic rings. The number of aryl methyl sites for hydroxylation is 1. The average Bonchev–Trinajstić information content (AvgIpc) is 2.70. The second kappa shape index (κ2) is 4.30. The summed E-state index contributed by atoms with van der Waals surface area (Å²) >= 11 is 12.0. The molecule has 0 aliphatic carbocycles. The largest absolute Gasteiger partial charge is 0.338 e. The maximum absolute atomic E-state index is 6.06. The molecule has 0 saturated heterocycles. The summed E-state index contributed by atoms with van der Waals surface area (Å²) in [5.74, 6) is 0.804. The van der Waals surface area contributed by atoms with Gasteiger partial charge in [0.05, 0.1) is 11.0 Å². The molecule has 0 amide bonds. The Morgan fingerprint density at radius 3 is 2.61 bits per heavy atom. The summed E-state index contributed by atoms with van der Waals surface area (Å²) in [4.78, 5) is 7.79. The summed E-state index contributed by atoms with van der Waals surface area (Å²) in [6.07, 6.45) is 0. The van der Waals surface area contributed by atoms with Crippen molar-refractivity contribution in [2.75, 3.05) is 0 Å². The highest BCUT2D eigenvalue weighted by Gasteiger charge is 2.07. The van der Waals surface area contributed by atoms with Crippen LogP contribution in [-0.4, -0.2) is 9.97 Å². The predicted molar refractivity (Wildman–Crippen MR) is 76.3 cm³/mol. The maximum atomic E-state index is 6.06. The fraction of sp³-hybridized carbons (Fsp3) is 0.0714. The summed E-state index contributed by atoms with van der Waals surface area (Å²) in [5.41, 5.74) is 3.91. The van der Waals surface area contributed by atoms with E-state index in [4.69, 9.17) is 23.2 Å². The lowest BCUT2D eigenvalue weighted by Crippen LogP contribution is -1.82. The zero-order valence-electron chi connectivity index (χ0n) is 9.67. The van der Waals surface area contributed by atoms with E-state index in [1.54, 1.807) is 0 Å². The Balaban J connectivity index is 2.19. The molecule has 0 spiro atoms. The number of nitrogens with one attached hydrogen (secondary N) is 1. The lowest BCUT2D eigenvalue weighted by atomic mass is 10.1. The number of halogens is 2. The van der Waals surface area contributed by atoms with Crippen molar-refractivity contribution in [3.63, 3.8) is 0 Å². The first-order chi connectivity index (χ1) is 8.61. The fourth-order valence-electron chi connectivity index (χ4n) is 1.99. The van der Waals surface area contributed by atoms with Gasteiger partial charge in [-0.1, -0.05) is 23.2 Å². The number of imidazole rings is 1. The van der Waals surface area contributed by atoms with Gasteiger partial charge in [-0.05, 0) is 48.9 Å². The van der Waals surface area contributed by atoms with E-state index in [0.29, 0.717) is 10.0 Å². The van der Waals surface area contributed by atoms with Crippen LogP contribution in [0.1, 0.15) is 5.56 Å². The standard InChI is InChI=1S/C14H10Cl2N2/c1-8-4-9(6-11(16)5-8)14-17-12-3-2-10(15)7-13(12)18-14/h2-7H,1H3,(H,17,18). The molecule has 3 aromatic rings. The predicted octanol–water partition coefficient (Wildman–Crippen LogP) is 4.85. The van der Waals surface area contributed by atoms with Crippen molar-refractivity contribution in [1.82, 2.24) is 9.97 Å². The van der Waals surface area contributed by atoms with E-state index in [1.165, 1.54) is 0 Å². The Bertz CT molecular complexity index is 711. The second-order valence-corrected chi connectivity index (χ2v) is 5.14. The number of nitrogens with zero attached hydrogens (tertiary/aromatic N) is 1. The summed E-state index contributed by atoms with van der Waals surface area (Å²) in [7, 11) is 0. The molecule has 90 valence electrons. The van der Waals surface area contributed by atoms with Crippen molar-refractivity contribution in [3.8, 4) is 11.4 Å². The zero-order chi connectivity index (χ0) is 12.7. The highest BCUT2D eigenvalue weighted by atomic mass is 35.5. The normalized spacial score (nSPS) is 11.1. The third-order valence-electron chi connectivity index (χ3n) is 2.76. The summed E-state index contributed by atoms with van der Waals surface area (Å²) in [6.45, 7) is 2.01. The molecule has 1 heterocycles. The van der Waals surface area contributed by atoms with Gasteiger partial charge in [0.1, 0.15) is 5.82 Å². The third kappa shape index (κ3) is 2.09. The summed E-state index contributed by atoms with van der Waals surface area (Å²) in [5, 5.41) is 1.41. The van der Waals surface area contributed by atoms with Crippen LogP contribution in [0.2, 0.25) is 10.0 Å². The van der Waals surface area contributed by atoms with Crippen molar-refractivity contribution in [3.05, 3.63) is 52.0 Å². The van der Waals surface area contributed by atoms with Crippen LogP contribution in [0.3, 0.4) is 0 Å². The van der Waals surface area contributed by atoms with E-state index < -0.39 is 0 Å². The molecule has 0 radical (unpaired) electrons. The molecule has 0 bridgehead atoms. The van der Waals surface area contributed by atoms with Crippen LogP contribution in [-0.2, 0) is 0 Å². The Labute approximate surface area is 115 Å². The van der Waals surface area contributed by atoms with Crippen LogP contribution in [0.5, 0.6) is 0 Å². The van der Waals surface area contributed by atoms with E-state index >= 15 is 0 Å². The van der Waals surface area contributed by atoms with E-state index in [9.17, 15) is 0 Å². The minimum atomic E-state index is 0.694. The third-order valence-corrected chi connectivity index (χ3v) is 3.21. The van der Waals surface area contributed by atoms with Crippen LogP contribution >= 0.6 is 23.2 Å². The van der Waals surface area contributed by atoms with Crippen molar-refractivity contribution in [1.29, 1.82) is 0 Å². The number of fused-ring (bicyclic) bond motifs is 1. The lowest BCUT2D eigenvalue weighted by molar-refractivity contribution is 1.32. The molecule has 0 saturated carbocycles. The van der Waals surface area contributed by atoms with Gasteiger partial charge in [0, 0.05) is 15.6 Å². The van der Waals surface area contributed by atoms with Crippen molar-refractivity contribution in [2.45, 2.75) is 6.92 Å². The van der Waals surface area contributed by atoms with Gasteiger partial charge in [-0.25, -0.2) is 4.98 Å². The van der Waals surface area contributed by atoms with Gasteiger partial charge >= 0.3 is 0 Å². The highest BCUT2D eigenvalue weighted by Crippen LogP contribution is 2.25. The van der Waals surface area contributed by atoms with Gasteiger partial charge in [-0.15, -0.1) is 0 Å². The van der Waals surface area contributed by atoms with E-state index in [0.717, 1.165) is 28.0 Å². The van der Waals surface area contributed by atoms with Gasteiger partial charge in [-0.2, -0.15) is 0 Å². The molecule has 4 heteroatoms. The van der Waals surface area contributed by atoms with Crippen LogP contribution in [0.25, 0.3) is 22.4 Å². The monoisotopic (exact) mass is 276 g/mol. The van der Waals surface area contributed by atoms with E-state index in [-0.39, 0.29) is 0 Å². The van der Waals surface area contributed by atoms with Crippen LogP contribution in [0.4, 0.5) is 0 Å². The van der Waals surface area contributed by atoms with Crippen molar-refractivity contribution < 1.29 is 0 Å². The molecule has 2 nitrogen and oxygen atoms in total. The minimum Gasteiger partial charge on any atom is -0.338 e. The van der Waals surface area contributed by atoms with Crippen LogP contribution < -0.4 is 0 Å². The Morgan fingerprint density at radius 2 is 1.83 bits per heavy atom. The number of H-pyrrole nitrogens is 1. The van der Waals surface area contributed by atoms with E-state index in [1.807, 2.05) is 43.3 Å². The number of hydrogen-bond donors (Lipinski definition) is 1. The quantitative estimate of drug-likeness (QED) is 0.677. The van der Waals surface area contributed by atoms with E-state index in [2.05, 4.69) is 9.97 Å². The first kappa shape index (κ1) is 11.6. The van der Waals surface area contributed by atoms with Gasteiger partial charge in [0.2, 0.25) is 0 Å². The Hall–Kier alpha value is -1.51. The molecule has 1 N–H and O–H groups in total. The topological polar surface area (TPSA) is 28.7 Å². The number of aromatic amines is 1. The smallest absolute Gasteiger partial charge is 0.138 e. The molecule has 0 unspecified atom stereocenters. The van der Waals surface area contributed by atoms with Gasteiger partial charge in [0.25, 0.3) is 0 Å². The summed E-state index contributed by atoms with van der Waals surface area (Å²) in [6, 6.07) is 11.5. The molecule has 18 heavy (non-hydrogen) atoms. The minimum absolute atomic E-state index is 0.694.